The Bertz CT molecular complexity index is 1050. The van der Waals surface area contributed by atoms with Gasteiger partial charge < -0.3 is 25.4 Å². The summed E-state index contributed by atoms with van der Waals surface area (Å²) in [5, 5.41) is 15.6. The van der Waals surface area contributed by atoms with Gasteiger partial charge in [0.15, 0.2) is 0 Å². The Labute approximate surface area is 212 Å². The number of nitrogens with zero attached hydrogens (tertiary/aromatic N) is 2. The Kier molecular flexibility index (Phi) is 9.44. The summed E-state index contributed by atoms with van der Waals surface area (Å²) in [5.41, 5.74) is 0.987. The standard InChI is InChI=1S/C27H36N4O5/c1-18(2)24(29-25(32)19(3)28-4)26(33)31-14-13-30(17-23(31)27(34)35)16-20-9-8-12-22(15-20)36-21-10-6-5-7-11-21/h5-12,15,18-19,23-24,28H,13-14,16-17H2,1-4H3,(H,29,32)(H,34,35)/t19-,23-,24-/m0/s1. The van der Waals surface area contributed by atoms with Gasteiger partial charge in [-0.15, -0.1) is 0 Å². The van der Waals surface area contributed by atoms with E-state index in [-0.39, 0.29) is 30.8 Å². The Hall–Kier alpha value is -3.43. The molecule has 0 saturated carbocycles. The lowest BCUT2D eigenvalue weighted by atomic mass is 10.00. The number of carbonyl (C=O) groups excluding carboxylic acids is 2. The third-order valence-electron chi connectivity index (χ3n) is 6.37. The summed E-state index contributed by atoms with van der Waals surface area (Å²) in [6.07, 6.45) is 0. The summed E-state index contributed by atoms with van der Waals surface area (Å²) < 4.78 is 5.92. The van der Waals surface area contributed by atoms with E-state index in [2.05, 4.69) is 10.6 Å². The fourth-order valence-corrected chi connectivity index (χ4v) is 4.15. The molecule has 194 valence electrons. The lowest BCUT2D eigenvalue weighted by Crippen LogP contribution is -2.63. The summed E-state index contributed by atoms with van der Waals surface area (Å²) in [5.74, 6) is -0.478. The number of rotatable bonds is 10. The fraction of sp³-hybridized carbons (Fsp3) is 0.444. The van der Waals surface area contributed by atoms with Crippen LogP contribution < -0.4 is 15.4 Å². The van der Waals surface area contributed by atoms with Crippen molar-refractivity contribution >= 4 is 17.8 Å². The predicted octanol–water partition coefficient (Wildman–Crippen LogP) is 2.33. The molecule has 0 radical (unpaired) electrons. The number of ether oxygens (including phenoxy) is 1. The first kappa shape index (κ1) is 27.2. The van der Waals surface area contributed by atoms with E-state index in [1.165, 1.54) is 4.90 Å². The number of aliphatic carboxylic acids is 1. The normalized spacial score (nSPS) is 17.9. The van der Waals surface area contributed by atoms with Gasteiger partial charge in [-0.25, -0.2) is 4.79 Å². The first-order chi connectivity index (χ1) is 17.2. The molecule has 1 aliphatic rings. The predicted molar refractivity (Wildman–Crippen MR) is 137 cm³/mol. The highest BCUT2D eigenvalue weighted by Gasteiger charge is 2.39. The van der Waals surface area contributed by atoms with Gasteiger partial charge in [0.2, 0.25) is 11.8 Å². The zero-order chi connectivity index (χ0) is 26.2. The largest absolute Gasteiger partial charge is 0.480 e. The maximum atomic E-state index is 13.4. The number of para-hydroxylation sites is 1. The molecule has 0 spiro atoms. The van der Waals surface area contributed by atoms with Crippen molar-refractivity contribution in [1.29, 1.82) is 0 Å². The van der Waals surface area contributed by atoms with Crippen LogP contribution in [0.4, 0.5) is 0 Å². The van der Waals surface area contributed by atoms with Gasteiger partial charge in [0.1, 0.15) is 23.6 Å². The number of piperazine rings is 1. The minimum atomic E-state index is -1.06. The zero-order valence-electron chi connectivity index (χ0n) is 21.3. The molecule has 1 heterocycles. The molecular formula is C27H36N4O5. The van der Waals surface area contributed by atoms with Crippen LogP contribution in [0.2, 0.25) is 0 Å². The number of nitrogens with one attached hydrogen (secondary N) is 2. The Morgan fingerprint density at radius 2 is 1.72 bits per heavy atom. The molecular weight excluding hydrogens is 460 g/mol. The van der Waals surface area contributed by atoms with Gasteiger partial charge in [-0.05, 0) is 49.7 Å². The molecule has 2 aromatic rings. The summed E-state index contributed by atoms with van der Waals surface area (Å²) in [6.45, 7) is 6.88. The van der Waals surface area contributed by atoms with Gasteiger partial charge in [0, 0.05) is 26.2 Å². The number of amides is 2. The number of likely N-dealkylation sites (N-methyl/N-ethyl adjacent to an activating group) is 1. The SMILES string of the molecule is CN[C@@H](C)C(=O)N[C@H](C(=O)N1CCN(Cc2cccc(Oc3ccccc3)c2)C[C@H]1C(=O)O)C(C)C. The molecule has 2 amide bonds. The second-order valence-electron chi connectivity index (χ2n) is 9.42. The second kappa shape index (κ2) is 12.5. The Morgan fingerprint density at radius 3 is 2.36 bits per heavy atom. The molecule has 9 heteroatoms. The lowest BCUT2D eigenvalue weighted by Gasteiger charge is -2.41. The van der Waals surface area contributed by atoms with Crippen molar-refractivity contribution < 1.29 is 24.2 Å². The summed E-state index contributed by atoms with van der Waals surface area (Å²) in [4.78, 5) is 41.4. The third kappa shape index (κ3) is 7.05. The van der Waals surface area contributed by atoms with Gasteiger partial charge in [-0.1, -0.05) is 44.2 Å². The number of carboxylic acid groups (broad SMARTS) is 1. The molecule has 0 aliphatic carbocycles. The minimum Gasteiger partial charge on any atom is -0.480 e. The monoisotopic (exact) mass is 496 g/mol. The first-order valence-electron chi connectivity index (χ1n) is 12.2. The van der Waals surface area contributed by atoms with E-state index < -0.39 is 24.1 Å². The highest BCUT2D eigenvalue weighted by atomic mass is 16.5. The van der Waals surface area contributed by atoms with Crippen molar-refractivity contribution in [3.63, 3.8) is 0 Å². The van der Waals surface area contributed by atoms with Crippen LogP contribution >= 0.6 is 0 Å². The fourth-order valence-electron chi connectivity index (χ4n) is 4.15. The van der Waals surface area contributed by atoms with Gasteiger partial charge >= 0.3 is 5.97 Å². The van der Waals surface area contributed by atoms with Crippen molar-refractivity contribution in [2.75, 3.05) is 26.7 Å². The highest BCUT2D eigenvalue weighted by molar-refractivity contribution is 5.92. The van der Waals surface area contributed by atoms with Crippen LogP contribution in [-0.2, 0) is 20.9 Å². The molecule has 1 aliphatic heterocycles. The lowest BCUT2D eigenvalue weighted by molar-refractivity contribution is -0.155. The second-order valence-corrected chi connectivity index (χ2v) is 9.42. The Balaban J connectivity index is 1.68. The smallest absolute Gasteiger partial charge is 0.327 e. The summed E-state index contributed by atoms with van der Waals surface area (Å²) in [7, 11) is 1.67. The van der Waals surface area contributed by atoms with E-state index in [1.54, 1.807) is 14.0 Å². The van der Waals surface area contributed by atoms with Gasteiger partial charge in [0.05, 0.1) is 6.04 Å². The van der Waals surface area contributed by atoms with Crippen molar-refractivity contribution in [3.8, 4) is 11.5 Å². The van der Waals surface area contributed by atoms with E-state index in [1.807, 2.05) is 73.3 Å². The molecule has 36 heavy (non-hydrogen) atoms. The number of benzene rings is 2. The van der Waals surface area contributed by atoms with Crippen LogP contribution in [-0.4, -0.2) is 77.5 Å². The van der Waals surface area contributed by atoms with Gasteiger partial charge in [-0.2, -0.15) is 0 Å². The third-order valence-corrected chi connectivity index (χ3v) is 6.37. The number of hydrogen-bond acceptors (Lipinski definition) is 6. The molecule has 0 aromatic heterocycles. The van der Waals surface area contributed by atoms with Crippen LogP contribution in [0.15, 0.2) is 54.6 Å². The molecule has 9 nitrogen and oxygen atoms in total. The van der Waals surface area contributed by atoms with Crippen LogP contribution in [0.5, 0.6) is 11.5 Å². The average molecular weight is 497 g/mol. The molecule has 1 fully saturated rings. The van der Waals surface area contributed by atoms with Crippen LogP contribution in [0, 0.1) is 5.92 Å². The van der Waals surface area contributed by atoms with Crippen LogP contribution in [0.1, 0.15) is 26.3 Å². The quantitative estimate of drug-likeness (QED) is 0.463. The average Bonchev–Trinajstić information content (AvgIpc) is 2.86. The van der Waals surface area contributed by atoms with Gasteiger partial charge in [0.25, 0.3) is 0 Å². The van der Waals surface area contributed by atoms with E-state index in [0.717, 1.165) is 11.3 Å². The van der Waals surface area contributed by atoms with Crippen molar-refractivity contribution in [2.45, 2.75) is 45.4 Å². The van der Waals surface area contributed by atoms with E-state index in [0.29, 0.717) is 18.8 Å². The molecule has 3 atom stereocenters. The molecule has 0 unspecified atom stereocenters. The molecule has 3 rings (SSSR count). The van der Waals surface area contributed by atoms with E-state index >= 15 is 0 Å². The van der Waals surface area contributed by atoms with Crippen LogP contribution in [0.25, 0.3) is 0 Å². The Morgan fingerprint density at radius 1 is 1.03 bits per heavy atom. The van der Waals surface area contributed by atoms with Crippen molar-refractivity contribution in [2.24, 2.45) is 5.92 Å². The van der Waals surface area contributed by atoms with Gasteiger partial charge in [-0.3, -0.25) is 14.5 Å². The number of hydrogen-bond donors (Lipinski definition) is 3. The van der Waals surface area contributed by atoms with E-state index in [9.17, 15) is 19.5 Å². The van der Waals surface area contributed by atoms with Crippen molar-refractivity contribution in [3.05, 3.63) is 60.2 Å². The van der Waals surface area contributed by atoms with E-state index in [4.69, 9.17) is 4.74 Å². The first-order valence-corrected chi connectivity index (χ1v) is 12.2. The summed E-state index contributed by atoms with van der Waals surface area (Å²) in [6, 6.07) is 14.9. The highest BCUT2D eigenvalue weighted by Crippen LogP contribution is 2.23. The molecule has 1 saturated heterocycles. The minimum absolute atomic E-state index is 0.190. The maximum absolute atomic E-state index is 13.4. The zero-order valence-corrected chi connectivity index (χ0v) is 21.3. The number of carboxylic acids is 1. The van der Waals surface area contributed by atoms with Crippen LogP contribution in [0.3, 0.4) is 0 Å². The molecule has 3 N–H and O–H groups in total. The van der Waals surface area contributed by atoms with Crippen molar-refractivity contribution in [1.82, 2.24) is 20.4 Å². The topological polar surface area (TPSA) is 111 Å². The maximum Gasteiger partial charge on any atom is 0.327 e. The number of carbonyl (C=O) groups is 3. The molecule has 0 bridgehead atoms. The summed E-state index contributed by atoms with van der Waals surface area (Å²) >= 11 is 0. The molecule has 2 aromatic carbocycles.